The van der Waals surface area contributed by atoms with Gasteiger partial charge in [-0.1, -0.05) is 20.8 Å². The van der Waals surface area contributed by atoms with Gasteiger partial charge >= 0.3 is 0 Å². The van der Waals surface area contributed by atoms with Gasteiger partial charge in [-0.15, -0.1) is 0 Å². The van der Waals surface area contributed by atoms with Crippen molar-refractivity contribution in [3.05, 3.63) is 24.3 Å². The number of nitrogens with zero attached hydrogens (tertiary/aromatic N) is 1. The predicted molar refractivity (Wildman–Crippen MR) is 115 cm³/mol. The SMILES string of the molecule is CCCO[C@@](C)(CC(C)C)C(=O)Nc1ccc(OCC(=O)N2CCCCC2)cc1. The van der Waals surface area contributed by atoms with E-state index in [0.717, 1.165) is 32.4 Å². The molecule has 1 aromatic carbocycles. The maximum absolute atomic E-state index is 12.8. The Morgan fingerprint density at radius 1 is 1.14 bits per heavy atom. The Morgan fingerprint density at radius 2 is 1.79 bits per heavy atom. The molecule has 1 N–H and O–H groups in total. The third kappa shape index (κ3) is 7.35. The summed E-state index contributed by atoms with van der Waals surface area (Å²) in [5, 5.41) is 2.95. The van der Waals surface area contributed by atoms with Crippen LogP contribution in [0.25, 0.3) is 0 Å². The highest BCUT2D eigenvalue weighted by molar-refractivity contribution is 5.97. The van der Waals surface area contributed by atoms with E-state index in [1.807, 2.05) is 18.7 Å². The van der Waals surface area contributed by atoms with Crippen LogP contribution in [-0.2, 0) is 14.3 Å². The molecule has 6 heteroatoms. The van der Waals surface area contributed by atoms with E-state index >= 15 is 0 Å². The fourth-order valence-electron chi connectivity index (χ4n) is 3.60. The van der Waals surface area contributed by atoms with E-state index in [1.165, 1.54) is 6.42 Å². The van der Waals surface area contributed by atoms with Gasteiger partial charge in [0.05, 0.1) is 0 Å². The van der Waals surface area contributed by atoms with Crippen LogP contribution in [0.2, 0.25) is 0 Å². The first-order valence-electron chi connectivity index (χ1n) is 10.8. The second-order valence-corrected chi connectivity index (χ2v) is 8.39. The summed E-state index contributed by atoms with van der Waals surface area (Å²) in [5.41, 5.74) is -0.181. The Balaban J connectivity index is 1.89. The number of piperidine rings is 1. The Bertz CT molecular complexity index is 653. The highest BCUT2D eigenvalue weighted by atomic mass is 16.5. The maximum Gasteiger partial charge on any atom is 0.260 e. The molecule has 1 aliphatic heterocycles. The number of amides is 2. The number of benzene rings is 1. The van der Waals surface area contributed by atoms with Gasteiger partial charge in [-0.25, -0.2) is 0 Å². The first-order chi connectivity index (χ1) is 13.8. The van der Waals surface area contributed by atoms with E-state index < -0.39 is 5.60 Å². The van der Waals surface area contributed by atoms with E-state index in [4.69, 9.17) is 9.47 Å². The van der Waals surface area contributed by atoms with E-state index in [2.05, 4.69) is 19.2 Å². The standard InChI is InChI=1S/C23H36N2O4/c1-5-15-29-23(4,16-18(2)3)22(27)24-19-9-11-20(12-10-19)28-17-21(26)25-13-7-6-8-14-25/h9-12,18H,5-8,13-17H2,1-4H3,(H,24,27)/t23-/m0/s1. The molecule has 1 saturated heterocycles. The van der Waals surface area contributed by atoms with E-state index in [1.54, 1.807) is 24.3 Å². The van der Waals surface area contributed by atoms with Gasteiger partial charge < -0.3 is 19.7 Å². The fourth-order valence-corrected chi connectivity index (χ4v) is 3.60. The van der Waals surface area contributed by atoms with Crippen LogP contribution in [0.5, 0.6) is 5.75 Å². The second-order valence-electron chi connectivity index (χ2n) is 8.39. The first kappa shape index (κ1) is 23.2. The lowest BCUT2D eigenvalue weighted by Crippen LogP contribution is -2.44. The molecule has 1 atom stereocenters. The van der Waals surface area contributed by atoms with Crippen molar-refractivity contribution in [1.29, 1.82) is 0 Å². The fraction of sp³-hybridized carbons (Fsp3) is 0.652. The summed E-state index contributed by atoms with van der Waals surface area (Å²) in [4.78, 5) is 26.9. The second kappa shape index (κ2) is 11.2. The Labute approximate surface area is 174 Å². The monoisotopic (exact) mass is 404 g/mol. The molecule has 0 radical (unpaired) electrons. The highest BCUT2D eigenvalue weighted by Gasteiger charge is 2.34. The zero-order chi connectivity index (χ0) is 21.3. The van der Waals surface area contributed by atoms with Gasteiger partial charge in [0.15, 0.2) is 6.61 Å². The number of hydrogen-bond acceptors (Lipinski definition) is 4. The molecular formula is C23H36N2O4. The minimum atomic E-state index is -0.861. The molecular weight excluding hydrogens is 368 g/mol. The molecule has 1 heterocycles. The van der Waals surface area contributed by atoms with Crippen molar-refractivity contribution in [2.24, 2.45) is 5.92 Å². The minimum Gasteiger partial charge on any atom is -0.484 e. The van der Waals surface area contributed by atoms with Crippen LogP contribution < -0.4 is 10.1 Å². The number of ether oxygens (including phenoxy) is 2. The van der Waals surface area contributed by atoms with Crippen LogP contribution in [0.1, 0.15) is 59.8 Å². The van der Waals surface area contributed by atoms with E-state index in [0.29, 0.717) is 30.4 Å². The molecule has 0 aliphatic carbocycles. The van der Waals surface area contributed by atoms with Gasteiger partial charge in [-0.05, 0) is 69.2 Å². The quantitative estimate of drug-likeness (QED) is 0.633. The van der Waals surface area contributed by atoms with Crippen LogP contribution in [-0.4, -0.2) is 48.6 Å². The smallest absolute Gasteiger partial charge is 0.260 e. The summed E-state index contributed by atoms with van der Waals surface area (Å²) < 4.78 is 11.5. The van der Waals surface area contributed by atoms with Gasteiger partial charge in [0.25, 0.3) is 11.8 Å². The first-order valence-corrected chi connectivity index (χ1v) is 10.8. The van der Waals surface area contributed by atoms with Crippen molar-refractivity contribution in [1.82, 2.24) is 4.90 Å². The molecule has 2 amide bonds. The lowest BCUT2D eigenvalue weighted by Gasteiger charge is -2.30. The summed E-state index contributed by atoms with van der Waals surface area (Å²) in [7, 11) is 0. The molecule has 0 saturated carbocycles. The molecule has 1 aromatic rings. The minimum absolute atomic E-state index is 0.0274. The van der Waals surface area contributed by atoms with Gasteiger partial charge in [0.1, 0.15) is 11.4 Å². The van der Waals surface area contributed by atoms with Gasteiger partial charge in [-0.2, -0.15) is 0 Å². The van der Waals surface area contributed by atoms with Crippen LogP contribution in [0.3, 0.4) is 0 Å². The number of carbonyl (C=O) groups excluding carboxylic acids is 2. The number of rotatable bonds is 10. The van der Waals surface area contributed by atoms with Gasteiger partial charge in [-0.3, -0.25) is 9.59 Å². The molecule has 0 bridgehead atoms. The zero-order valence-electron chi connectivity index (χ0n) is 18.3. The van der Waals surface area contributed by atoms with Crippen molar-refractivity contribution in [3.63, 3.8) is 0 Å². The number of likely N-dealkylation sites (tertiary alicyclic amines) is 1. The summed E-state index contributed by atoms with van der Waals surface area (Å²) in [5.74, 6) is 0.838. The number of nitrogens with one attached hydrogen (secondary N) is 1. The maximum atomic E-state index is 12.8. The summed E-state index contributed by atoms with van der Waals surface area (Å²) >= 11 is 0. The summed E-state index contributed by atoms with van der Waals surface area (Å²) in [6, 6.07) is 7.11. The lowest BCUT2D eigenvalue weighted by atomic mass is 9.93. The number of carbonyl (C=O) groups is 2. The Hall–Kier alpha value is -2.08. The molecule has 29 heavy (non-hydrogen) atoms. The third-order valence-corrected chi connectivity index (χ3v) is 5.09. The highest BCUT2D eigenvalue weighted by Crippen LogP contribution is 2.24. The third-order valence-electron chi connectivity index (χ3n) is 5.09. The topological polar surface area (TPSA) is 67.9 Å². The number of anilines is 1. The van der Waals surface area contributed by atoms with E-state index in [-0.39, 0.29) is 18.4 Å². The Kier molecular flexibility index (Phi) is 8.96. The van der Waals surface area contributed by atoms with Gasteiger partial charge in [0.2, 0.25) is 0 Å². The van der Waals surface area contributed by atoms with Crippen molar-refractivity contribution >= 4 is 17.5 Å². The van der Waals surface area contributed by atoms with Crippen LogP contribution >= 0.6 is 0 Å². The molecule has 6 nitrogen and oxygen atoms in total. The van der Waals surface area contributed by atoms with Crippen LogP contribution in [0.4, 0.5) is 5.69 Å². The van der Waals surface area contributed by atoms with Crippen molar-refractivity contribution in [2.45, 2.75) is 65.4 Å². The molecule has 0 aromatic heterocycles. The van der Waals surface area contributed by atoms with E-state index in [9.17, 15) is 9.59 Å². The lowest BCUT2D eigenvalue weighted by molar-refractivity contribution is -0.141. The zero-order valence-corrected chi connectivity index (χ0v) is 18.3. The average Bonchev–Trinajstić information content (AvgIpc) is 2.71. The summed E-state index contributed by atoms with van der Waals surface area (Å²) in [6.07, 6.45) is 4.84. The summed E-state index contributed by atoms with van der Waals surface area (Å²) in [6.45, 7) is 10.3. The molecule has 0 unspecified atom stereocenters. The number of hydrogen-bond donors (Lipinski definition) is 1. The van der Waals surface area contributed by atoms with Crippen molar-refractivity contribution in [2.75, 3.05) is 31.6 Å². The molecule has 1 fully saturated rings. The van der Waals surface area contributed by atoms with Crippen LogP contribution in [0.15, 0.2) is 24.3 Å². The van der Waals surface area contributed by atoms with Crippen molar-refractivity contribution in [3.8, 4) is 5.75 Å². The molecule has 0 spiro atoms. The van der Waals surface area contributed by atoms with Crippen LogP contribution in [0, 0.1) is 5.92 Å². The normalized spacial score (nSPS) is 16.4. The average molecular weight is 405 g/mol. The van der Waals surface area contributed by atoms with Crippen molar-refractivity contribution < 1.29 is 19.1 Å². The molecule has 162 valence electrons. The Morgan fingerprint density at radius 3 is 2.38 bits per heavy atom. The molecule has 2 rings (SSSR count). The largest absolute Gasteiger partial charge is 0.484 e. The predicted octanol–water partition coefficient (Wildman–Crippen LogP) is 4.25. The van der Waals surface area contributed by atoms with Gasteiger partial charge in [0, 0.05) is 25.4 Å². The molecule has 1 aliphatic rings.